The molecule has 0 aliphatic heterocycles. The summed E-state index contributed by atoms with van der Waals surface area (Å²) < 4.78 is 0. The lowest BCUT2D eigenvalue weighted by Crippen LogP contribution is -2.34. The zero-order valence-corrected chi connectivity index (χ0v) is 10.3. The highest BCUT2D eigenvalue weighted by molar-refractivity contribution is 5.91. The van der Waals surface area contributed by atoms with Gasteiger partial charge in [-0.1, -0.05) is 0 Å². The van der Waals surface area contributed by atoms with Crippen molar-refractivity contribution in [2.75, 3.05) is 7.05 Å². The third-order valence-corrected chi connectivity index (χ3v) is 2.20. The number of rotatable bonds is 7. The van der Waals surface area contributed by atoms with Crippen molar-refractivity contribution < 1.29 is 29.4 Å². The van der Waals surface area contributed by atoms with Gasteiger partial charge in [0.25, 0.3) is 0 Å². The van der Waals surface area contributed by atoms with Gasteiger partial charge >= 0.3 is 12.1 Å². The van der Waals surface area contributed by atoms with Crippen molar-refractivity contribution in [1.29, 1.82) is 0 Å². The summed E-state index contributed by atoms with van der Waals surface area (Å²) in [7, 11) is 1.09. The highest BCUT2D eigenvalue weighted by Crippen LogP contribution is 1.97. The predicted octanol–water partition coefficient (Wildman–Crippen LogP) is -1.02. The Morgan fingerprint density at radius 3 is 2.37 bits per heavy atom. The smallest absolute Gasteiger partial charge is 0.413 e. The molecule has 0 rings (SSSR count). The zero-order chi connectivity index (χ0) is 15.0. The minimum absolute atomic E-state index is 0.0298. The summed E-state index contributed by atoms with van der Waals surface area (Å²) in [5.74, 6) is -2.40. The van der Waals surface area contributed by atoms with Crippen molar-refractivity contribution in [1.82, 2.24) is 10.2 Å². The first-order chi connectivity index (χ1) is 8.75. The van der Waals surface area contributed by atoms with Crippen LogP contribution in [0.5, 0.6) is 0 Å². The number of nitrogens with one attached hydrogen (secondary N) is 1. The van der Waals surface area contributed by atoms with E-state index in [-0.39, 0.29) is 19.3 Å². The van der Waals surface area contributed by atoms with Gasteiger partial charge < -0.3 is 21.3 Å². The molecule has 3 amide bonds. The Balaban J connectivity index is 3.84. The Labute approximate surface area is 109 Å². The molecule has 0 heterocycles. The third kappa shape index (κ3) is 6.99. The fraction of sp³-hybridized carbons (Fsp3) is 0.500. The fourth-order valence-electron chi connectivity index (χ4n) is 0.978. The Bertz CT molecular complexity index is 370. The molecule has 0 aliphatic carbocycles. The minimum Gasteiger partial charge on any atom is -0.480 e. The van der Waals surface area contributed by atoms with Gasteiger partial charge in [-0.15, -0.1) is 0 Å². The fourth-order valence-corrected chi connectivity index (χ4v) is 0.978. The van der Waals surface area contributed by atoms with Crippen LogP contribution < -0.4 is 11.1 Å². The lowest BCUT2D eigenvalue weighted by atomic mass is 10.1. The summed E-state index contributed by atoms with van der Waals surface area (Å²) in [4.78, 5) is 43.7. The summed E-state index contributed by atoms with van der Waals surface area (Å²) >= 11 is 0. The van der Waals surface area contributed by atoms with E-state index in [1.807, 2.05) is 0 Å². The molecule has 0 bridgehead atoms. The maximum Gasteiger partial charge on any atom is 0.413 e. The maximum absolute atomic E-state index is 11.2. The molecular weight excluding hydrogens is 258 g/mol. The first-order valence-corrected chi connectivity index (χ1v) is 5.34. The van der Waals surface area contributed by atoms with Gasteiger partial charge in [0.05, 0.1) is 6.54 Å². The number of carbonyl (C=O) groups is 4. The topological polar surface area (TPSA) is 150 Å². The van der Waals surface area contributed by atoms with Gasteiger partial charge in [-0.2, -0.15) is 0 Å². The number of carboxylic acid groups (broad SMARTS) is 2. The monoisotopic (exact) mass is 274 g/mol. The average Bonchev–Trinajstić information content (AvgIpc) is 2.34. The number of carbonyl (C=O) groups excluding carboxylic acids is 2. The molecule has 0 fully saturated rings. The second-order valence-electron chi connectivity index (χ2n) is 3.69. The quantitative estimate of drug-likeness (QED) is 0.464. The lowest BCUT2D eigenvalue weighted by Gasteiger charge is -2.11. The highest BCUT2D eigenvalue weighted by atomic mass is 16.4. The van der Waals surface area contributed by atoms with Crippen molar-refractivity contribution in [3.05, 3.63) is 6.54 Å². The number of aliphatic carboxylic acids is 1. The summed E-state index contributed by atoms with van der Waals surface area (Å²) in [5, 5.41) is 19.2. The average molecular weight is 274 g/mol. The van der Waals surface area contributed by atoms with Gasteiger partial charge in [0.2, 0.25) is 11.8 Å². The van der Waals surface area contributed by atoms with Crippen LogP contribution in [0.3, 0.4) is 0 Å². The van der Waals surface area contributed by atoms with Crippen molar-refractivity contribution in [3.8, 4) is 0 Å². The molecular formula is C10H16N3O6. The van der Waals surface area contributed by atoms with E-state index in [9.17, 15) is 19.2 Å². The summed E-state index contributed by atoms with van der Waals surface area (Å²) in [6.07, 6.45) is -1.80. The molecule has 5 N–H and O–H groups in total. The largest absolute Gasteiger partial charge is 0.480 e. The van der Waals surface area contributed by atoms with Gasteiger partial charge in [-0.05, 0) is 6.42 Å². The predicted molar refractivity (Wildman–Crippen MR) is 62.7 cm³/mol. The Kier molecular flexibility index (Phi) is 7.12. The van der Waals surface area contributed by atoms with Crippen molar-refractivity contribution in [2.24, 2.45) is 5.73 Å². The minimum atomic E-state index is -1.39. The molecule has 0 saturated heterocycles. The van der Waals surface area contributed by atoms with E-state index in [0.717, 1.165) is 13.6 Å². The van der Waals surface area contributed by atoms with Crippen LogP contribution in [-0.2, 0) is 14.4 Å². The van der Waals surface area contributed by atoms with Crippen LogP contribution in [0.2, 0.25) is 0 Å². The molecule has 0 aliphatic rings. The molecule has 1 radical (unpaired) electrons. The molecule has 1 unspecified atom stereocenters. The van der Waals surface area contributed by atoms with Crippen molar-refractivity contribution in [2.45, 2.75) is 25.3 Å². The van der Waals surface area contributed by atoms with Crippen molar-refractivity contribution in [3.63, 3.8) is 0 Å². The van der Waals surface area contributed by atoms with Gasteiger partial charge in [0.15, 0.2) is 0 Å². The van der Waals surface area contributed by atoms with Crippen LogP contribution in [-0.4, -0.2) is 52.1 Å². The Morgan fingerprint density at radius 2 is 1.89 bits per heavy atom. The first kappa shape index (κ1) is 16.8. The van der Waals surface area contributed by atoms with E-state index in [1.165, 1.54) is 0 Å². The van der Waals surface area contributed by atoms with Crippen LogP contribution in [0.1, 0.15) is 19.3 Å². The number of hydrogen-bond donors (Lipinski definition) is 4. The molecule has 0 aromatic heterocycles. The molecule has 0 aromatic carbocycles. The van der Waals surface area contributed by atoms with E-state index in [1.54, 1.807) is 0 Å². The van der Waals surface area contributed by atoms with E-state index in [2.05, 4.69) is 5.32 Å². The highest BCUT2D eigenvalue weighted by Gasteiger charge is 2.16. The van der Waals surface area contributed by atoms with Crippen LogP contribution in [0, 0.1) is 6.54 Å². The molecule has 0 aromatic rings. The van der Waals surface area contributed by atoms with Crippen LogP contribution in [0.25, 0.3) is 0 Å². The van der Waals surface area contributed by atoms with Gasteiger partial charge in [0, 0.05) is 19.9 Å². The number of nitrogens with zero attached hydrogens (tertiary/aromatic N) is 1. The summed E-state index contributed by atoms with van der Waals surface area (Å²) in [6, 6.07) is -1.12. The molecule has 9 nitrogen and oxygen atoms in total. The van der Waals surface area contributed by atoms with E-state index in [4.69, 9.17) is 15.9 Å². The third-order valence-electron chi connectivity index (χ3n) is 2.20. The second-order valence-corrected chi connectivity index (χ2v) is 3.69. The maximum atomic E-state index is 11.2. The number of hydrogen-bond acceptors (Lipinski definition) is 5. The van der Waals surface area contributed by atoms with E-state index in [0.29, 0.717) is 4.90 Å². The molecule has 0 saturated carbocycles. The Morgan fingerprint density at radius 1 is 1.32 bits per heavy atom. The molecule has 0 spiro atoms. The molecule has 9 heteroatoms. The molecule has 19 heavy (non-hydrogen) atoms. The van der Waals surface area contributed by atoms with Gasteiger partial charge in [-0.25, -0.2) is 4.79 Å². The lowest BCUT2D eigenvalue weighted by molar-refractivity contribution is -0.138. The molecule has 107 valence electrons. The van der Waals surface area contributed by atoms with E-state index >= 15 is 0 Å². The van der Waals surface area contributed by atoms with Gasteiger partial charge in [0.1, 0.15) is 6.04 Å². The number of imide groups is 1. The zero-order valence-electron chi connectivity index (χ0n) is 10.3. The number of carboxylic acids is 1. The van der Waals surface area contributed by atoms with Crippen LogP contribution in [0.15, 0.2) is 0 Å². The van der Waals surface area contributed by atoms with Crippen LogP contribution >= 0.6 is 0 Å². The standard InChI is InChI=1S/C10H16N3O6/c1-13(10(18)19)8(15)4-5-12-7(14)3-2-6(11)9(16)17/h5-6H,2-4,11H2,1H3,(H,12,14)(H,16,17)(H,18,19). The van der Waals surface area contributed by atoms with Crippen LogP contribution in [0.4, 0.5) is 4.79 Å². The first-order valence-electron chi connectivity index (χ1n) is 5.34. The summed E-state index contributed by atoms with van der Waals surface area (Å²) in [6.45, 7) is 1.11. The number of nitrogens with two attached hydrogens (primary N) is 1. The van der Waals surface area contributed by atoms with Crippen molar-refractivity contribution >= 4 is 23.9 Å². The Hall–Kier alpha value is -2.16. The normalized spacial score (nSPS) is 11.5. The SMILES string of the molecule is CN(C(=O)O)C(=O)C[CH]NC(=O)CCC(N)C(=O)O. The number of amides is 3. The molecule has 1 atom stereocenters. The van der Waals surface area contributed by atoms with E-state index < -0.39 is 29.9 Å². The van der Waals surface area contributed by atoms with Gasteiger partial charge in [-0.3, -0.25) is 19.3 Å². The second kappa shape index (κ2) is 8.03. The summed E-state index contributed by atoms with van der Waals surface area (Å²) in [5.41, 5.74) is 5.20.